The molecule has 0 aromatic heterocycles. The number of fused-ring (bicyclic) bond motifs is 2. The van der Waals surface area contributed by atoms with Crippen LogP contribution in [0.5, 0.6) is 0 Å². The highest BCUT2D eigenvalue weighted by Crippen LogP contribution is 2.43. The Bertz CT molecular complexity index is 430. The summed E-state index contributed by atoms with van der Waals surface area (Å²) in [5.74, 6) is 0. The van der Waals surface area contributed by atoms with Crippen LogP contribution in [0.2, 0.25) is 0 Å². The van der Waals surface area contributed by atoms with Gasteiger partial charge in [-0.1, -0.05) is 30.3 Å². The molecule has 90 valence electrons. The number of amides is 2. The van der Waals surface area contributed by atoms with E-state index >= 15 is 0 Å². The molecule has 3 N–H and O–H groups in total. The standard InChI is InChI=1S/C13H17N3O/c14-12(17)16-11-6-7-13(16,9-15-8-11)10-4-2-1-3-5-10/h1-5,11,15H,6-9H2,(H2,14,17). The monoisotopic (exact) mass is 231 g/mol. The molecular weight excluding hydrogens is 214 g/mol. The van der Waals surface area contributed by atoms with Crippen molar-refractivity contribution in [2.45, 2.75) is 24.4 Å². The summed E-state index contributed by atoms with van der Waals surface area (Å²) in [5, 5.41) is 3.42. The molecule has 1 aromatic carbocycles. The van der Waals surface area contributed by atoms with Crippen LogP contribution in [0.1, 0.15) is 18.4 Å². The second kappa shape index (κ2) is 3.74. The Kier molecular flexibility index (Phi) is 2.33. The predicted molar refractivity (Wildman–Crippen MR) is 65.4 cm³/mol. The minimum absolute atomic E-state index is 0.226. The third-order valence-electron chi connectivity index (χ3n) is 4.06. The molecule has 2 fully saturated rings. The van der Waals surface area contributed by atoms with E-state index in [1.807, 2.05) is 23.1 Å². The van der Waals surface area contributed by atoms with Crippen LogP contribution >= 0.6 is 0 Å². The van der Waals surface area contributed by atoms with E-state index in [9.17, 15) is 4.79 Å². The van der Waals surface area contributed by atoms with E-state index in [0.717, 1.165) is 25.9 Å². The van der Waals surface area contributed by atoms with Crippen molar-refractivity contribution in [2.24, 2.45) is 5.73 Å². The summed E-state index contributed by atoms with van der Waals surface area (Å²) in [5.41, 5.74) is 6.53. The Morgan fingerprint density at radius 1 is 1.41 bits per heavy atom. The van der Waals surface area contributed by atoms with Gasteiger partial charge in [-0.25, -0.2) is 4.79 Å². The molecule has 4 nitrogen and oxygen atoms in total. The molecular formula is C13H17N3O. The van der Waals surface area contributed by atoms with Gasteiger partial charge in [-0.2, -0.15) is 0 Å². The molecule has 2 heterocycles. The van der Waals surface area contributed by atoms with E-state index in [1.165, 1.54) is 5.56 Å². The molecule has 2 saturated heterocycles. The lowest BCUT2D eigenvalue weighted by Gasteiger charge is -2.44. The number of hydrogen-bond acceptors (Lipinski definition) is 2. The molecule has 2 bridgehead atoms. The fraction of sp³-hybridized carbons (Fsp3) is 0.462. The van der Waals surface area contributed by atoms with Crippen LogP contribution in [0.25, 0.3) is 0 Å². The molecule has 2 amide bonds. The number of carbonyl (C=O) groups excluding carboxylic acids is 1. The second-order valence-electron chi connectivity index (χ2n) is 4.93. The summed E-state index contributed by atoms with van der Waals surface area (Å²) in [6.07, 6.45) is 2.03. The van der Waals surface area contributed by atoms with Gasteiger partial charge in [0.05, 0.1) is 5.54 Å². The minimum atomic E-state index is -0.294. The van der Waals surface area contributed by atoms with Gasteiger partial charge in [-0.3, -0.25) is 0 Å². The average molecular weight is 231 g/mol. The van der Waals surface area contributed by atoms with E-state index < -0.39 is 0 Å². The minimum Gasteiger partial charge on any atom is -0.351 e. The summed E-state index contributed by atoms with van der Waals surface area (Å²) in [7, 11) is 0. The van der Waals surface area contributed by atoms with Crippen molar-refractivity contribution in [1.82, 2.24) is 10.2 Å². The van der Waals surface area contributed by atoms with Crippen LogP contribution in [0, 0.1) is 0 Å². The molecule has 1 aromatic rings. The quantitative estimate of drug-likeness (QED) is 0.758. The van der Waals surface area contributed by atoms with Crippen molar-refractivity contribution in [1.29, 1.82) is 0 Å². The van der Waals surface area contributed by atoms with Crippen LogP contribution in [0.3, 0.4) is 0 Å². The summed E-state index contributed by atoms with van der Waals surface area (Å²) in [6, 6.07) is 10.2. The highest BCUT2D eigenvalue weighted by molar-refractivity contribution is 5.74. The van der Waals surface area contributed by atoms with Crippen molar-refractivity contribution in [2.75, 3.05) is 13.1 Å². The van der Waals surface area contributed by atoms with Crippen molar-refractivity contribution < 1.29 is 4.79 Å². The Hall–Kier alpha value is -1.55. The third-order valence-corrected chi connectivity index (χ3v) is 4.06. The Morgan fingerprint density at radius 3 is 2.88 bits per heavy atom. The number of nitrogens with zero attached hydrogens (tertiary/aromatic N) is 1. The highest BCUT2D eigenvalue weighted by atomic mass is 16.2. The maximum absolute atomic E-state index is 11.7. The number of nitrogens with one attached hydrogen (secondary N) is 1. The first kappa shape index (κ1) is 10.6. The molecule has 0 radical (unpaired) electrons. The SMILES string of the molecule is NC(=O)N1C2CCC1(c1ccccc1)CNC2. The first-order valence-corrected chi connectivity index (χ1v) is 6.09. The van der Waals surface area contributed by atoms with Crippen molar-refractivity contribution in [3.63, 3.8) is 0 Å². The zero-order valence-corrected chi connectivity index (χ0v) is 9.73. The molecule has 4 heteroatoms. The molecule has 17 heavy (non-hydrogen) atoms. The summed E-state index contributed by atoms with van der Waals surface area (Å²) in [4.78, 5) is 13.6. The van der Waals surface area contributed by atoms with Gasteiger partial charge >= 0.3 is 6.03 Å². The van der Waals surface area contributed by atoms with E-state index in [-0.39, 0.29) is 17.6 Å². The zero-order valence-electron chi connectivity index (χ0n) is 9.73. The van der Waals surface area contributed by atoms with Gasteiger partial charge in [-0.15, -0.1) is 0 Å². The first-order chi connectivity index (χ1) is 8.24. The number of hydrogen-bond donors (Lipinski definition) is 2. The Morgan fingerprint density at radius 2 is 2.18 bits per heavy atom. The summed E-state index contributed by atoms with van der Waals surface area (Å²) in [6.45, 7) is 1.66. The summed E-state index contributed by atoms with van der Waals surface area (Å²) >= 11 is 0. The van der Waals surface area contributed by atoms with Crippen LogP contribution in [0.15, 0.2) is 30.3 Å². The zero-order chi connectivity index (χ0) is 11.9. The molecule has 2 aliphatic rings. The molecule has 2 aliphatic heterocycles. The van der Waals surface area contributed by atoms with Crippen molar-refractivity contribution >= 4 is 6.03 Å². The number of benzene rings is 1. The van der Waals surface area contributed by atoms with E-state index in [2.05, 4.69) is 17.4 Å². The molecule has 2 atom stereocenters. The molecule has 2 unspecified atom stereocenters. The molecule has 3 rings (SSSR count). The van der Waals surface area contributed by atoms with Crippen LogP contribution in [0.4, 0.5) is 4.79 Å². The predicted octanol–water partition coefficient (Wildman–Crippen LogP) is 1.03. The van der Waals surface area contributed by atoms with Gasteiger partial charge in [0.25, 0.3) is 0 Å². The van der Waals surface area contributed by atoms with Gasteiger partial charge < -0.3 is 16.0 Å². The fourth-order valence-electron chi connectivity index (χ4n) is 3.34. The number of piperazine rings is 1. The lowest BCUT2D eigenvalue weighted by molar-refractivity contribution is 0.0996. The smallest absolute Gasteiger partial charge is 0.315 e. The lowest BCUT2D eigenvalue weighted by atomic mass is 9.87. The normalized spacial score (nSPS) is 31.5. The molecule has 0 spiro atoms. The number of nitrogens with two attached hydrogens (primary N) is 1. The first-order valence-electron chi connectivity index (χ1n) is 6.09. The van der Waals surface area contributed by atoms with Gasteiger partial charge in [0.15, 0.2) is 0 Å². The highest BCUT2D eigenvalue weighted by Gasteiger charge is 2.51. The van der Waals surface area contributed by atoms with Crippen LogP contribution < -0.4 is 11.1 Å². The maximum Gasteiger partial charge on any atom is 0.315 e. The topological polar surface area (TPSA) is 58.4 Å². The van der Waals surface area contributed by atoms with Gasteiger partial charge in [0.1, 0.15) is 0 Å². The van der Waals surface area contributed by atoms with E-state index in [0.29, 0.717) is 0 Å². The van der Waals surface area contributed by atoms with Gasteiger partial charge in [0.2, 0.25) is 0 Å². The largest absolute Gasteiger partial charge is 0.351 e. The van der Waals surface area contributed by atoms with E-state index in [1.54, 1.807) is 0 Å². The Balaban J connectivity index is 2.07. The van der Waals surface area contributed by atoms with Gasteiger partial charge in [0, 0.05) is 19.1 Å². The van der Waals surface area contributed by atoms with Gasteiger partial charge in [-0.05, 0) is 18.4 Å². The van der Waals surface area contributed by atoms with Crippen molar-refractivity contribution in [3.8, 4) is 0 Å². The van der Waals surface area contributed by atoms with Crippen molar-refractivity contribution in [3.05, 3.63) is 35.9 Å². The number of primary amides is 1. The number of urea groups is 1. The molecule has 0 aliphatic carbocycles. The number of carbonyl (C=O) groups is 1. The maximum atomic E-state index is 11.7. The van der Waals surface area contributed by atoms with Crippen LogP contribution in [-0.4, -0.2) is 30.1 Å². The Labute approximate surface area is 101 Å². The molecule has 0 saturated carbocycles. The second-order valence-corrected chi connectivity index (χ2v) is 4.93. The van der Waals surface area contributed by atoms with Crippen LogP contribution in [-0.2, 0) is 5.54 Å². The lowest BCUT2D eigenvalue weighted by Crippen LogP contribution is -2.61. The number of rotatable bonds is 1. The fourth-order valence-corrected chi connectivity index (χ4v) is 3.34. The average Bonchev–Trinajstić information content (AvgIpc) is 2.59. The summed E-state index contributed by atoms with van der Waals surface area (Å²) < 4.78 is 0. The van der Waals surface area contributed by atoms with E-state index in [4.69, 9.17) is 5.73 Å². The third kappa shape index (κ3) is 1.44.